The fourth-order valence-corrected chi connectivity index (χ4v) is 2.93. The smallest absolute Gasteiger partial charge is 0.273 e. The number of nitrogens with two attached hydrogens (primary N) is 2. The summed E-state index contributed by atoms with van der Waals surface area (Å²) in [5, 5.41) is 11.8. The van der Waals surface area contributed by atoms with E-state index in [0.29, 0.717) is 24.7 Å². The largest absolute Gasteiger partial charge is 0.401 e. The molecule has 1 aliphatic rings. The normalized spacial score (nSPS) is 15.2. The number of nitrogens with zero attached hydrogens (tertiary/aromatic N) is 5. The molecule has 1 atom stereocenters. The molecule has 0 aromatic carbocycles. The summed E-state index contributed by atoms with van der Waals surface area (Å²) in [6, 6.07) is 4.03. The van der Waals surface area contributed by atoms with E-state index in [4.69, 9.17) is 11.6 Å². The summed E-state index contributed by atoms with van der Waals surface area (Å²) in [5.41, 5.74) is 8.26. The fourth-order valence-electron chi connectivity index (χ4n) is 2.93. The molecule has 0 saturated heterocycles. The Hall–Kier alpha value is -3.01. The quantitative estimate of drug-likeness (QED) is 0.402. The van der Waals surface area contributed by atoms with Crippen molar-refractivity contribution in [2.24, 2.45) is 11.6 Å². The van der Waals surface area contributed by atoms with Crippen LogP contribution in [0, 0.1) is 0 Å². The third-order valence-corrected chi connectivity index (χ3v) is 4.55. The maximum atomic E-state index is 14.1. The van der Waals surface area contributed by atoms with Crippen molar-refractivity contribution in [3.05, 3.63) is 53.4 Å². The molecule has 1 aliphatic carbocycles. The number of aromatic nitrogens is 4. The van der Waals surface area contributed by atoms with Crippen molar-refractivity contribution < 1.29 is 9.18 Å². The van der Waals surface area contributed by atoms with Crippen molar-refractivity contribution in [2.45, 2.75) is 51.4 Å². The maximum absolute atomic E-state index is 14.1. The van der Waals surface area contributed by atoms with Crippen molar-refractivity contribution in [1.29, 1.82) is 0 Å². The molecule has 0 radical (unpaired) electrons. The zero-order chi connectivity index (χ0) is 20.8. The molecule has 1 saturated carbocycles. The second-order valence-electron chi connectivity index (χ2n) is 7.36. The van der Waals surface area contributed by atoms with Crippen LogP contribution in [-0.2, 0) is 13.1 Å². The minimum atomic E-state index is -1.18. The average molecular weight is 402 g/mol. The molecule has 0 spiro atoms. The van der Waals surface area contributed by atoms with Crippen LogP contribution in [0.5, 0.6) is 0 Å². The van der Waals surface area contributed by atoms with Gasteiger partial charge in [0, 0.05) is 24.6 Å². The Morgan fingerprint density at radius 3 is 3.03 bits per heavy atom. The summed E-state index contributed by atoms with van der Waals surface area (Å²) >= 11 is 0. The van der Waals surface area contributed by atoms with Crippen LogP contribution < -0.4 is 16.9 Å². The van der Waals surface area contributed by atoms with Gasteiger partial charge < -0.3 is 16.1 Å². The van der Waals surface area contributed by atoms with Gasteiger partial charge in [0.15, 0.2) is 5.69 Å². The highest BCUT2D eigenvalue weighted by Gasteiger charge is 2.23. The van der Waals surface area contributed by atoms with E-state index in [9.17, 15) is 9.18 Å². The predicted octanol–water partition coefficient (Wildman–Crippen LogP) is 1.20. The van der Waals surface area contributed by atoms with E-state index >= 15 is 0 Å². The van der Waals surface area contributed by atoms with Crippen molar-refractivity contribution in [1.82, 2.24) is 30.3 Å². The molecule has 3 rings (SSSR count). The van der Waals surface area contributed by atoms with Crippen LogP contribution in [0.2, 0.25) is 0 Å². The number of carbonyl (C=O) groups excluding carboxylic acids is 1. The summed E-state index contributed by atoms with van der Waals surface area (Å²) in [6.45, 7) is 2.31. The summed E-state index contributed by atoms with van der Waals surface area (Å²) in [7, 11) is 0. The van der Waals surface area contributed by atoms with Gasteiger partial charge in [0.2, 0.25) is 0 Å². The van der Waals surface area contributed by atoms with Gasteiger partial charge in [0.1, 0.15) is 6.17 Å². The number of halogens is 1. The third-order valence-electron chi connectivity index (χ3n) is 4.55. The molecule has 10 heteroatoms. The number of hydrazine groups is 1. The molecule has 1 fully saturated rings. The lowest BCUT2D eigenvalue weighted by Gasteiger charge is -2.15. The third kappa shape index (κ3) is 6.53. The number of rotatable bonds is 10. The summed E-state index contributed by atoms with van der Waals surface area (Å²) in [6.07, 6.45) is 6.17. The first kappa shape index (κ1) is 20.7. The van der Waals surface area contributed by atoms with Gasteiger partial charge in [-0.1, -0.05) is 5.21 Å². The van der Waals surface area contributed by atoms with Gasteiger partial charge in [0.25, 0.3) is 5.91 Å². The number of amides is 1. The second kappa shape index (κ2) is 9.46. The van der Waals surface area contributed by atoms with E-state index in [-0.39, 0.29) is 24.6 Å². The topological polar surface area (TPSA) is 128 Å². The van der Waals surface area contributed by atoms with E-state index in [0.717, 1.165) is 5.69 Å². The number of carbonyl (C=O) groups is 1. The lowest BCUT2D eigenvalue weighted by molar-refractivity contribution is 0.0945. The number of nitrogens with one attached hydrogen (secondary N) is 1. The number of hydrogen-bond donors (Lipinski definition) is 3. The Labute approximate surface area is 168 Å². The molecular weight excluding hydrogens is 375 g/mol. The highest BCUT2D eigenvalue weighted by atomic mass is 19.1. The number of hydrogen-bond acceptors (Lipinski definition) is 7. The fraction of sp³-hybridized carbons (Fsp3) is 0.474. The minimum absolute atomic E-state index is 0.00949. The van der Waals surface area contributed by atoms with Crippen LogP contribution >= 0.6 is 0 Å². The number of alkyl halides is 1. The highest BCUT2D eigenvalue weighted by molar-refractivity contribution is 5.91. The second-order valence-corrected chi connectivity index (χ2v) is 7.36. The van der Waals surface area contributed by atoms with Gasteiger partial charge in [0.05, 0.1) is 25.0 Å². The van der Waals surface area contributed by atoms with Crippen LogP contribution in [0.4, 0.5) is 4.39 Å². The van der Waals surface area contributed by atoms with E-state index in [1.807, 2.05) is 12.1 Å². The van der Waals surface area contributed by atoms with Crippen LogP contribution in [0.1, 0.15) is 53.8 Å². The van der Waals surface area contributed by atoms with Crippen LogP contribution in [0.25, 0.3) is 0 Å². The first-order chi connectivity index (χ1) is 13.9. The Morgan fingerprint density at radius 1 is 1.52 bits per heavy atom. The Kier molecular flexibility index (Phi) is 6.76. The molecule has 0 aliphatic heterocycles. The monoisotopic (exact) mass is 402 g/mol. The van der Waals surface area contributed by atoms with Gasteiger partial charge in [-0.3, -0.25) is 9.78 Å². The lowest BCUT2D eigenvalue weighted by Crippen LogP contribution is -2.29. The molecule has 1 amide bonds. The molecule has 2 aromatic heterocycles. The first-order valence-electron chi connectivity index (χ1n) is 9.63. The Morgan fingerprint density at radius 2 is 2.31 bits per heavy atom. The molecule has 29 heavy (non-hydrogen) atoms. The van der Waals surface area contributed by atoms with Crippen LogP contribution in [0.3, 0.4) is 0 Å². The predicted molar refractivity (Wildman–Crippen MR) is 106 cm³/mol. The van der Waals surface area contributed by atoms with Crippen LogP contribution in [0.15, 0.2) is 36.4 Å². The SMILES string of the molecule is C/C(N)=C/N(N)CCC(F)Cn1cc(C(=O)NCc2cc(C3CC3)ccn2)nn1. The van der Waals surface area contributed by atoms with Gasteiger partial charge in [-0.2, -0.15) is 0 Å². The van der Waals surface area contributed by atoms with Crippen molar-refractivity contribution >= 4 is 5.91 Å². The minimum Gasteiger partial charge on any atom is -0.401 e. The molecule has 156 valence electrons. The zero-order valence-corrected chi connectivity index (χ0v) is 16.5. The molecule has 9 nitrogen and oxygen atoms in total. The summed E-state index contributed by atoms with van der Waals surface area (Å²) in [4.78, 5) is 16.6. The van der Waals surface area contributed by atoms with Gasteiger partial charge >= 0.3 is 0 Å². The van der Waals surface area contributed by atoms with Crippen molar-refractivity contribution in [3.8, 4) is 0 Å². The van der Waals surface area contributed by atoms with Gasteiger partial charge in [-0.25, -0.2) is 14.9 Å². The number of pyridine rings is 1. The molecular formula is C19H27FN8O. The molecule has 2 aromatic rings. The molecule has 5 N–H and O–H groups in total. The highest BCUT2D eigenvalue weighted by Crippen LogP contribution is 2.39. The molecule has 2 heterocycles. The standard InChI is InChI=1S/C19H27FN8O/c1-13(21)10-27(22)7-5-16(20)11-28-12-18(25-26-28)19(29)24-9-17-8-15(4-6-23-17)14-2-3-14/h4,6,8,10,12,14,16H,2-3,5,7,9,11,21-22H2,1H3,(H,24,29)/b13-10-. The zero-order valence-electron chi connectivity index (χ0n) is 16.5. The average Bonchev–Trinajstić information content (AvgIpc) is 3.43. The Bertz CT molecular complexity index is 859. The van der Waals surface area contributed by atoms with E-state index in [1.54, 1.807) is 19.3 Å². The summed E-state index contributed by atoms with van der Waals surface area (Å²) in [5.74, 6) is 5.94. The van der Waals surface area contributed by atoms with Crippen molar-refractivity contribution in [3.63, 3.8) is 0 Å². The van der Waals surface area contributed by atoms with E-state index in [1.165, 1.54) is 34.3 Å². The van der Waals surface area contributed by atoms with E-state index < -0.39 is 6.17 Å². The van der Waals surface area contributed by atoms with Crippen LogP contribution in [-0.4, -0.2) is 43.6 Å². The number of allylic oxidation sites excluding steroid dienone is 1. The summed E-state index contributed by atoms with van der Waals surface area (Å²) < 4.78 is 15.5. The molecule has 1 unspecified atom stereocenters. The maximum Gasteiger partial charge on any atom is 0.273 e. The van der Waals surface area contributed by atoms with Gasteiger partial charge in [-0.15, -0.1) is 5.10 Å². The van der Waals surface area contributed by atoms with Gasteiger partial charge in [-0.05, 0) is 49.8 Å². The van der Waals surface area contributed by atoms with Crippen molar-refractivity contribution in [2.75, 3.05) is 6.54 Å². The lowest BCUT2D eigenvalue weighted by atomic mass is 10.1. The van der Waals surface area contributed by atoms with E-state index in [2.05, 4.69) is 20.6 Å². The first-order valence-corrected chi connectivity index (χ1v) is 9.63. The Balaban J connectivity index is 1.45. The molecule has 0 bridgehead atoms.